The van der Waals surface area contributed by atoms with Gasteiger partial charge in [0.1, 0.15) is 5.75 Å². The Morgan fingerprint density at radius 2 is 0.867 bits per heavy atom. The highest BCUT2D eigenvalue weighted by molar-refractivity contribution is 5.76. The van der Waals surface area contributed by atoms with Gasteiger partial charge in [-0.1, -0.05) is 107 Å². The molecule has 5 heteroatoms. The van der Waals surface area contributed by atoms with Crippen molar-refractivity contribution in [1.29, 1.82) is 0 Å². The van der Waals surface area contributed by atoms with E-state index in [1.165, 1.54) is 11.1 Å². The second kappa shape index (κ2) is 11.0. The van der Waals surface area contributed by atoms with Crippen LogP contribution in [0.1, 0.15) is 105 Å². The third-order valence-electron chi connectivity index (χ3n) is 8.62. The number of rotatable bonds is 4. The van der Waals surface area contributed by atoms with Gasteiger partial charge in [-0.05, 0) is 75.3 Å². The molecule has 0 atom stereocenters. The van der Waals surface area contributed by atoms with E-state index in [9.17, 15) is 5.11 Å². The molecule has 0 spiro atoms. The van der Waals surface area contributed by atoms with Crippen molar-refractivity contribution in [2.24, 2.45) is 0 Å². The minimum atomic E-state index is -0.209. The second-order valence-electron chi connectivity index (χ2n) is 16.6. The Balaban J connectivity index is 1.50. The number of hydrogen-bond donors (Lipinski definition) is 3. The van der Waals surface area contributed by atoms with Crippen LogP contribution in [0.15, 0.2) is 66.7 Å². The predicted molar refractivity (Wildman–Crippen MR) is 189 cm³/mol. The van der Waals surface area contributed by atoms with Crippen molar-refractivity contribution < 1.29 is 5.11 Å². The molecule has 0 aliphatic carbocycles. The molecular weight excluding hydrogens is 552 g/mol. The number of aromatic nitrogens is 4. The van der Waals surface area contributed by atoms with Crippen LogP contribution in [0.4, 0.5) is 0 Å². The Hall–Kier alpha value is -4.12. The number of hydrogen-bond acceptors (Lipinski definition) is 3. The summed E-state index contributed by atoms with van der Waals surface area (Å²) in [6.07, 6.45) is 0. The second-order valence-corrected chi connectivity index (χ2v) is 16.6. The van der Waals surface area contributed by atoms with E-state index in [-0.39, 0.29) is 21.7 Å². The fourth-order valence-corrected chi connectivity index (χ4v) is 5.66. The van der Waals surface area contributed by atoms with Gasteiger partial charge in [-0.15, -0.1) is 0 Å². The Morgan fingerprint density at radius 3 is 1.24 bits per heavy atom. The Bertz CT molecular complexity index is 1780. The molecule has 0 unspecified atom stereocenters. The van der Waals surface area contributed by atoms with Crippen LogP contribution < -0.4 is 0 Å². The van der Waals surface area contributed by atoms with Gasteiger partial charge in [0.15, 0.2) is 0 Å². The number of phenolic OH excluding ortho intramolecular Hbond substituents is 1. The maximum Gasteiger partial charge on any atom is 0.123 e. The monoisotopic (exact) mass is 602 g/mol. The van der Waals surface area contributed by atoms with Crippen LogP contribution in [0.3, 0.4) is 0 Å². The summed E-state index contributed by atoms with van der Waals surface area (Å²) in [7, 11) is 0. The highest BCUT2D eigenvalue weighted by atomic mass is 16.3. The highest BCUT2D eigenvalue weighted by Gasteiger charge is 2.27. The quantitative estimate of drug-likeness (QED) is 0.191. The van der Waals surface area contributed by atoms with Gasteiger partial charge in [0.05, 0.1) is 22.8 Å². The minimum absolute atomic E-state index is 0.0369. The van der Waals surface area contributed by atoms with Crippen molar-refractivity contribution in [3.8, 4) is 50.8 Å². The molecule has 0 amide bonds. The van der Waals surface area contributed by atoms with Crippen LogP contribution in [0.25, 0.3) is 45.0 Å². The zero-order valence-electron chi connectivity index (χ0n) is 29.2. The first-order chi connectivity index (χ1) is 20.7. The number of nitrogens with zero attached hydrogens (tertiary/aromatic N) is 2. The maximum absolute atomic E-state index is 11.2. The van der Waals surface area contributed by atoms with Gasteiger partial charge in [0.25, 0.3) is 0 Å². The van der Waals surface area contributed by atoms with Gasteiger partial charge in [-0.2, -0.15) is 10.2 Å². The van der Waals surface area contributed by atoms with Crippen LogP contribution in [0.2, 0.25) is 0 Å². The number of nitrogens with one attached hydrogen (secondary N) is 2. The SMILES string of the molecule is CC(C)(C)c1cc(-c2cc(-c3cccc(-c4cc(-c5cc(C(C)(C)C)c(O)c(C(C)(C)C)c5)n[nH]4)c3)[nH]n2)cc(C(C)(C)C)c1. The predicted octanol–water partition coefficient (Wildman–Crippen LogP) is 10.7. The van der Waals surface area contributed by atoms with Gasteiger partial charge >= 0.3 is 0 Å². The molecule has 0 saturated heterocycles. The zero-order chi connectivity index (χ0) is 33.1. The van der Waals surface area contributed by atoms with Gasteiger partial charge in [-0.3, -0.25) is 10.2 Å². The molecule has 236 valence electrons. The number of phenols is 1. The van der Waals surface area contributed by atoms with Crippen molar-refractivity contribution in [2.75, 3.05) is 0 Å². The molecule has 45 heavy (non-hydrogen) atoms. The van der Waals surface area contributed by atoms with Crippen LogP contribution in [0, 0.1) is 0 Å². The molecule has 5 nitrogen and oxygen atoms in total. The molecule has 0 aliphatic rings. The van der Waals surface area contributed by atoms with Crippen LogP contribution in [-0.2, 0) is 21.7 Å². The maximum atomic E-state index is 11.2. The van der Waals surface area contributed by atoms with Crippen molar-refractivity contribution in [3.63, 3.8) is 0 Å². The molecule has 5 aromatic rings. The molecule has 0 bridgehead atoms. The third-order valence-corrected chi connectivity index (χ3v) is 8.62. The first kappa shape index (κ1) is 32.3. The van der Waals surface area contributed by atoms with E-state index in [4.69, 9.17) is 10.2 Å². The van der Waals surface area contributed by atoms with Gasteiger partial charge in [0.2, 0.25) is 0 Å². The molecule has 2 aromatic heterocycles. The van der Waals surface area contributed by atoms with E-state index in [1.54, 1.807) is 0 Å². The Labute approximate surface area is 269 Å². The molecular formula is C40H50N4O. The summed E-state index contributed by atoms with van der Waals surface area (Å²) in [6.45, 7) is 26.3. The molecule has 3 aromatic carbocycles. The molecule has 2 heterocycles. The van der Waals surface area contributed by atoms with Gasteiger partial charge in [-0.25, -0.2) is 0 Å². The summed E-state index contributed by atoms with van der Waals surface area (Å²) >= 11 is 0. The van der Waals surface area contributed by atoms with Crippen molar-refractivity contribution in [2.45, 2.75) is 105 Å². The summed E-state index contributed by atoms with van der Waals surface area (Å²) in [5.74, 6) is 0.376. The van der Waals surface area contributed by atoms with E-state index in [1.807, 2.05) is 0 Å². The van der Waals surface area contributed by atoms with Gasteiger partial charge in [0, 0.05) is 33.4 Å². The van der Waals surface area contributed by atoms with Crippen LogP contribution >= 0.6 is 0 Å². The molecule has 0 aliphatic heterocycles. The molecule has 0 radical (unpaired) electrons. The fraction of sp³-hybridized carbons (Fsp3) is 0.400. The van der Waals surface area contributed by atoms with E-state index in [0.29, 0.717) is 5.75 Å². The number of H-pyrrole nitrogens is 2. The molecule has 0 saturated carbocycles. The van der Waals surface area contributed by atoms with E-state index in [2.05, 4.69) is 160 Å². The largest absolute Gasteiger partial charge is 0.507 e. The summed E-state index contributed by atoms with van der Waals surface area (Å²) in [5.41, 5.74) is 12.0. The van der Waals surface area contributed by atoms with E-state index < -0.39 is 0 Å². The smallest absolute Gasteiger partial charge is 0.123 e. The molecule has 5 rings (SSSR count). The van der Waals surface area contributed by atoms with E-state index >= 15 is 0 Å². The third kappa shape index (κ3) is 6.78. The summed E-state index contributed by atoms with van der Waals surface area (Å²) in [5, 5.41) is 27.2. The standard InChI is InChI=1S/C40H50N4O/c1-37(2,3)28-17-26(18-29(21-28)38(4,5)6)34-22-32(41-43-34)24-14-13-15-25(16-24)33-23-35(44-42-33)27-19-30(39(7,8)9)36(45)31(20-27)40(10,11)12/h13-23,45H,1-12H3,(H,41,43)(H,42,44). The average molecular weight is 603 g/mol. The average Bonchev–Trinajstić information content (AvgIpc) is 3.62. The molecule has 0 fully saturated rings. The minimum Gasteiger partial charge on any atom is -0.507 e. The highest BCUT2D eigenvalue weighted by Crippen LogP contribution is 2.42. The Morgan fingerprint density at radius 1 is 0.467 bits per heavy atom. The van der Waals surface area contributed by atoms with Crippen molar-refractivity contribution in [3.05, 3.63) is 89.0 Å². The van der Waals surface area contributed by atoms with E-state index in [0.717, 1.165) is 56.2 Å². The van der Waals surface area contributed by atoms with Crippen molar-refractivity contribution in [1.82, 2.24) is 20.4 Å². The lowest BCUT2D eigenvalue weighted by Gasteiger charge is -2.28. The summed E-state index contributed by atoms with van der Waals surface area (Å²) < 4.78 is 0. The first-order valence-electron chi connectivity index (χ1n) is 16.0. The topological polar surface area (TPSA) is 77.6 Å². The van der Waals surface area contributed by atoms with Crippen molar-refractivity contribution >= 4 is 0 Å². The first-order valence-corrected chi connectivity index (χ1v) is 16.0. The zero-order valence-corrected chi connectivity index (χ0v) is 29.2. The number of aromatic amines is 2. The lowest BCUT2D eigenvalue weighted by Crippen LogP contribution is -2.17. The molecule has 3 N–H and O–H groups in total. The fourth-order valence-electron chi connectivity index (χ4n) is 5.66. The number of aromatic hydroxyl groups is 1. The normalized spacial score (nSPS) is 13.0. The van der Waals surface area contributed by atoms with Gasteiger partial charge < -0.3 is 5.11 Å². The number of benzene rings is 3. The van der Waals surface area contributed by atoms with Crippen LogP contribution in [0.5, 0.6) is 5.75 Å². The summed E-state index contributed by atoms with van der Waals surface area (Å²) in [4.78, 5) is 0. The van der Waals surface area contributed by atoms with Crippen LogP contribution in [-0.4, -0.2) is 25.5 Å². The lowest BCUT2D eigenvalue weighted by atomic mass is 9.78. The summed E-state index contributed by atoms with van der Waals surface area (Å²) in [6, 6.07) is 23.7. The Kier molecular flexibility index (Phi) is 7.92. The lowest BCUT2D eigenvalue weighted by molar-refractivity contribution is 0.423.